The van der Waals surface area contributed by atoms with Crippen LogP contribution >= 0.6 is 11.6 Å². The first-order valence-electron chi connectivity index (χ1n) is 12.2. The highest BCUT2D eigenvalue weighted by Gasteiger charge is 2.34. The van der Waals surface area contributed by atoms with Gasteiger partial charge in [-0.15, -0.1) is 0 Å². The molecule has 1 unspecified atom stereocenters. The van der Waals surface area contributed by atoms with Gasteiger partial charge in [-0.25, -0.2) is 0 Å². The summed E-state index contributed by atoms with van der Waals surface area (Å²) < 4.78 is 46.2. The van der Waals surface area contributed by atoms with Crippen molar-refractivity contribution in [3.8, 4) is 5.75 Å². The van der Waals surface area contributed by atoms with Crippen molar-refractivity contribution in [2.75, 3.05) is 13.2 Å². The molecular formula is C30H27ClF3NO3. The van der Waals surface area contributed by atoms with E-state index < -0.39 is 17.7 Å². The number of benzene rings is 4. The summed E-state index contributed by atoms with van der Waals surface area (Å²) in [7, 11) is 0. The molecule has 4 nitrogen and oxygen atoms in total. The van der Waals surface area contributed by atoms with E-state index >= 15 is 0 Å². The minimum Gasteiger partial charge on any atom is -0.494 e. The minimum absolute atomic E-state index is 0.0798. The predicted molar refractivity (Wildman–Crippen MR) is 143 cm³/mol. The third kappa shape index (κ3) is 7.05. The van der Waals surface area contributed by atoms with Crippen LogP contribution in [0.3, 0.4) is 0 Å². The summed E-state index contributed by atoms with van der Waals surface area (Å²) in [5, 5.41) is 14.2. The fraction of sp³-hybridized carbons (Fsp3) is 0.233. The Labute approximate surface area is 224 Å². The topological polar surface area (TPSA) is 58.6 Å². The fourth-order valence-corrected chi connectivity index (χ4v) is 4.79. The van der Waals surface area contributed by atoms with Crippen LogP contribution in [0, 0.1) is 0 Å². The Morgan fingerprint density at radius 3 is 2.50 bits per heavy atom. The molecule has 0 fully saturated rings. The average Bonchev–Trinajstić information content (AvgIpc) is 2.87. The lowest BCUT2D eigenvalue weighted by molar-refractivity contribution is -0.138. The molecule has 8 heteroatoms. The van der Waals surface area contributed by atoms with Crippen LogP contribution in [-0.2, 0) is 23.8 Å². The summed E-state index contributed by atoms with van der Waals surface area (Å²) >= 11 is 6.23. The standard InChI is InChI=1S/C30H27ClF3NO3/c31-29-22(10-5-14-26(29)30(32,33)34)19-27(25-13-4-9-21-8-1-2-12-24(21)25)35-15-6-16-38-23-11-3-7-20(17-23)18-28(36)37/h1-5,7-14,17,27,35H,6,15-16,18-19H2,(H,36,37). The Hall–Kier alpha value is -3.55. The molecule has 198 valence electrons. The monoisotopic (exact) mass is 541 g/mol. The van der Waals surface area contributed by atoms with E-state index in [1.807, 2.05) is 42.5 Å². The van der Waals surface area contributed by atoms with Gasteiger partial charge in [-0.3, -0.25) is 4.79 Å². The maximum absolute atomic E-state index is 13.5. The maximum atomic E-state index is 13.5. The van der Waals surface area contributed by atoms with Gasteiger partial charge in [0.05, 0.1) is 23.6 Å². The SMILES string of the molecule is O=C(O)Cc1cccc(OCCCNC(Cc2cccc(C(F)(F)F)c2Cl)c2cccc3ccccc23)c1. The maximum Gasteiger partial charge on any atom is 0.417 e. The molecule has 0 heterocycles. The van der Waals surface area contributed by atoms with Crippen molar-refractivity contribution >= 4 is 28.3 Å². The van der Waals surface area contributed by atoms with Gasteiger partial charge in [0.15, 0.2) is 0 Å². The van der Waals surface area contributed by atoms with E-state index in [0.29, 0.717) is 36.4 Å². The molecule has 2 N–H and O–H groups in total. The van der Waals surface area contributed by atoms with Crippen molar-refractivity contribution in [2.45, 2.75) is 31.5 Å². The summed E-state index contributed by atoms with van der Waals surface area (Å²) in [5.41, 5.74) is 1.20. The first-order valence-corrected chi connectivity index (χ1v) is 12.6. The lowest BCUT2D eigenvalue weighted by atomic mass is 9.93. The quantitative estimate of drug-likeness (QED) is 0.193. The molecular weight excluding hydrogens is 515 g/mol. The van der Waals surface area contributed by atoms with Gasteiger partial charge in [0.1, 0.15) is 5.75 Å². The van der Waals surface area contributed by atoms with Crippen LogP contribution in [0.1, 0.15) is 34.7 Å². The van der Waals surface area contributed by atoms with E-state index in [-0.39, 0.29) is 23.9 Å². The Bertz CT molecular complexity index is 1400. The molecule has 0 bridgehead atoms. The van der Waals surface area contributed by atoms with Gasteiger partial charge in [0, 0.05) is 6.04 Å². The van der Waals surface area contributed by atoms with Crippen LogP contribution in [0.5, 0.6) is 5.75 Å². The Balaban J connectivity index is 1.49. The highest BCUT2D eigenvalue weighted by atomic mass is 35.5. The van der Waals surface area contributed by atoms with Gasteiger partial charge in [-0.05, 0) is 65.0 Å². The number of carboxylic acids is 1. The Morgan fingerprint density at radius 1 is 0.974 bits per heavy atom. The van der Waals surface area contributed by atoms with Gasteiger partial charge in [-0.1, -0.05) is 78.3 Å². The molecule has 1 atom stereocenters. The molecule has 38 heavy (non-hydrogen) atoms. The second-order valence-corrected chi connectivity index (χ2v) is 9.35. The molecule has 0 aliphatic heterocycles. The number of rotatable bonds is 11. The number of hydrogen-bond donors (Lipinski definition) is 2. The van der Waals surface area contributed by atoms with E-state index in [1.165, 1.54) is 6.07 Å². The lowest BCUT2D eigenvalue weighted by Crippen LogP contribution is -2.26. The number of halogens is 4. The van der Waals surface area contributed by atoms with E-state index in [4.69, 9.17) is 21.4 Å². The number of nitrogens with one attached hydrogen (secondary N) is 1. The average molecular weight is 542 g/mol. The molecule has 0 spiro atoms. The summed E-state index contributed by atoms with van der Waals surface area (Å²) in [4.78, 5) is 10.9. The first kappa shape index (κ1) is 27.5. The van der Waals surface area contributed by atoms with Crippen LogP contribution in [-0.4, -0.2) is 24.2 Å². The van der Waals surface area contributed by atoms with Crippen LogP contribution in [0.4, 0.5) is 13.2 Å². The van der Waals surface area contributed by atoms with Crippen molar-refractivity contribution in [1.29, 1.82) is 0 Å². The molecule has 0 aliphatic carbocycles. The van der Waals surface area contributed by atoms with Crippen molar-refractivity contribution in [2.24, 2.45) is 0 Å². The molecule has 4 aromatic rings. The molecule has 0 amide bonds. The Kier molecular flexibility index (Phi) is 8.92. The van der Waals surface area contributed by atoms with Crippen LogP contribution in [0.15, 0.2) is 84.9 Å². The van der Waals surface area contributed by atoms with Gasteiger partial charge in [0.25, 0.3) is 0 Å². The molecule has 0 aromatic heterocycles. The van der Waals surface area contributed by atoms with Crippen molar-refractivity contribution < 1.29 is 27.8 Å². The molecule has 0 aliphatic rings. The van der Waals surface area contributed by atoms with Crippen LogP contribution in [0.25, 0.3) is 10.8 Å². The largest absolute Gasteiger partial charge is 0.494 e. The number of alkyl halides is 3. The number of fused-ring (bicyclic) bond motifs is 1. The second kappa shape index (κ2) is 12.3. The van der Waals surface area contributed by atoms with Gasteiger partial charge < -0.3 is 15.2 Å². The van der Waals surface area contributed by atoms with Crippen molar-refractivity contribution in [3.63, 3.8) is 0 Å². The minimum atomic E-state index is -4.53. The third-order valence-electron chi connectivity index (χ3n) is 6.24. The molecule has 4 rings (SSSR count). The van der Waals surface area contributed by atoms with Crippen molar-refractivity contribution in [3.05, 3.63) is 112 Å². The molecule has 4 aromatic carbocycles. The number of carboxylic acid groups (broad SMARTS) is 1. The zero-order valence-corrected chi connectivity index (χ0v) is 21.2. The molecule has 0 saturated heterocycles. The van der Waals surface area contributed by atoms with E-state index in [1.54, 1.807) is 30.3 Å². The molecule has 0 radical (unpaired) electrons. The first-order chi connectivity index (χ1) is 18.2. The Morgan fingerprint density at radius 2 is 1.71 bits per heavy atom. The van der Waals surface area contributed by atoms with E-state index in [9.17, 15) is 18.0 Å². The van der Waals surface area contributed by atoms with Gasteiger partial charge in [-0.2, -0.15) is 13.2 Å². The number of hydrogen-bond acceptors (Lipinski definition) is 3. The normalized spacial score (nSPS) is 12.4. The fourth-order valence-electron chi connectivity index (χ4n) is 4.48. The lowest BCUT2D eigenvalue weighted by Gasteiger charge is -2.23. The smallest absolute Gasteiger partial charge is 0.417 e. The zero-order chi connectivity index (χ0) is 27.1. The van der Waals surface area contributed by atoms with Gasteiger partial charge >= 0.3 is 12.1 Å². The van der Waals surface area contributed by atoms with Crippen LogP contribution in [0.2, 0.25) is 5.02 Å². The molecule has 0 saturated carbocycles. The van der Waals surface area contributed by atoms with Gasteiger partial charge in [0.2, 0.25) is 0 Å². The van der Waals surface area contributed by atoms with Crippen LogP contribution < -0.4 is 10.1 Å². The summed E-state index contributed by atoms with van der Waals surface area (Å²) in [6.45, 7) is 0.926. The third-order valence-corrected chi connectivity index (χ3v) is 6.69. The second-order valence-electron chi connectivity index (χ2n) is 8.98. The van der Waals surface area contributed by atoms with Crippen molar-refractivity contribution in [1.82, 2.24) is 5.32 Å². The summed E-state index contributed by atoms with van der Waals surface area (Å²) in [6.07, 6.45) is -3.71. The summed E-state index contributed by atoms with van der Waals surface area (Å²) in [5.74, 6) is -0.322. The van der Waals surface area contributed by atoms with E-state index in [2.05, 4.69) is 5.32 Å². The highest BCUT2D eigenvalue weighted by Crippen LogP contribution is 2.38. The zero-order valence-electron chi connectivity index (χ0n) is 20.5. The number of ether oxygens (including phenoxy) is 1. The summed E-state index contributed by atoms with van der Waals surface area (Å²) in [6, 6.07) is 24.5. The number of carbonyl (C=O) groups is 1. The highest BCUT2D eigenvalue weighted by molar-refractivity contribution is 6.32. The number of aliphatic carboxylic acids is 1. The van der Waals surface area contributed by atoms with E-state index in [0.717, 1.165) is 22.4 Å². The predicted octanol–water partition coefficient (Wildman–Crippen LogP) is 7.48.